The van der Waals surface area contributed by atoms with Gasteiger partial charge in [0.05, 0.1) is 17.7 Å². The van der Waals surface area contributed by atoms with Crippen molar-refractivity contribution in [2.45, 2.75) is 4.90 Å². The predicted molar refractivity (Wildman–Crippen MR) is 146 cm³/mol. The van der Waals surface area contributed by atoms with E-state index in [0.717, 1.165) is 28.1 Å². The molecule has 37 heavy (non-hydrogen) atoms. The van der Waals surface area contributed by atoms with Gasteiger partial charge in [-0.15, -0.1) is 0 Å². The summed E-state index contributed by atoms with van der Waals surface area (Å²) in [6.07, 6.45) is 1.67. The van der Waals surface area contributed by atoms with Gasteiger partial charge in [-0.2, -0.15) is 0 Å². The quantitative estimate of drug-likeness (QED) is 0.253. The maximum Gasteiger partial charge on any atom is 0.261 e. The highest BCUT2D eigenvalue weighted by molar-refractivity contribution is 7.92. The number of nitrogens with zero attached hydrogens (tertiary/aromatic N) is 2. The first-order valence-corrected chi connectivity index (χ1v) is 13.0. The summed E-state index contributed by atoms with van der Waals surface area (Å²) in [7, 11) is -2.11. The van der Waals surface area contributed by atoms with E-state index in [1.54, 1.807) is 61.8 Å². The normalized spacial score (nSPS) is 11.1. The van der Waals surface area contributed by atoms with Crippen LogP contribution < -0.4 is 14.8 Å². The number of sulfonamides is 1. The molecule has 0 unspecified atom stereocenters. The third kappa shape index (κ3) is 5.60. The lowest BCUT2D eigenvalue weighted by Crippen LogP contribution is -2.12. The van der Waals surface area contributed by atoms with E-state index in [9.17, 15) is 8.42 Å². The van der Waals surface area contributed by atoms with E-state index in [0.29, 0.717) is 17.3 Å². The van der Waals surface area contributed by atoms with Crippen LogP contribution in [0.3, 0.4) is 0 Å². The summed E-state index contributed by atoms with van der Waals surface area (Å²) >= 11 is 0. The highest BCUT2D eigenvalue weighted by atomic mass is 32.2. The molecule has 184 valence electrons. The van der Waals surface area contributed by atoms with E-state index in [2.05, 4.69) is 20.0 Å². The van der Waals surface area contributed by atoms with Crippen LogP contribution in [0.25, 0.3) is 22.4 Å². The zero-order valence-electron chi connectivity index (χ0n) is 20.0. The van der Waals surface area contributed by atoms with Crippen molar-refractivity contribution in [3.63, 3.8) is 0 Å². The number of nitrogens with one attached hydrogen (secondary N) is 2. The summed E-state index contributed by atoms with van der Waals surface area (Å²) in [5.41, 5.74) is 4.72. The molecule has 0 spiro atoms. The highest BCUT2D eigenvalue weighted by Crippen LogP contribution is 2.29. The Labute approximate surface area is 215 Å². The molecule has 2 N–H and O–H groups in total. The number of rotatable bonds is 8. The van der Waals surface area contributed by atoms with Gasteiger partial charge in [0.15, 0.2) is 0 Å². The molecule has 4 aromatic carbocycles. The molecule has 0 saturated carbocycles. The van der Waals surface area contributed by atoms with Crippen LogP contribution in [-0.2, 0) is 10.0 Å². The van der Waals surface area contributed by atoms with Crippen LogP contribution in [0.15, 0.2) is 120 Å². The number of methoxy groups -OCH3 is 1. The molecule has 5 aromatic rings. The van der Waals surface area contributed by atoms with Crippen molar-refractivity contribution in [1.82, 2.24) is 9.97 Å². The van der Waals surface area contributed by atoms with Gasteiger partial charge in [0.25, 0.3) is 10.0 Å². The first kappa shape index (κ1) is 24.0. The second-order valence-corrected chi connectivity index (χ2v) is 9.85. The number of para-hydroxylation sites is 1. The standard InChI is InChI=1S/C29H24N4O3S/c1-36-28-10-6-5-9-26(28)27-19-20-30-29(32-27)31-23-13-15-24(16-14-23)33-37(34,35)25-17-11-22(12-18-25)21-7-3-2-4-8-21/h2-20,33H,1H3,(H,30,31,32). The molecule has 0 fully saturated rings. The average molecular weight is 509 g/mol. The molecule has 5 rings (SSSR count). The number of hydrogen-bond donors (Lipinski definition) is 2. The lowest BCUT2D eigenvalue weighted by Gasteiger charge is -2.11. The highest BCUT2D eigenvalue weighted by Gasteiger charge is 2.14. The molecule has 1 heterocycles. The molecule has 0 bridgehead atoms. The van der Waals surface area contributed by atoms with Crippen molar-refractivity contribution in [3.05, 3.63) is 115 Å². The van der Waals surface area contributed by atoms with Gasteiger partial charge >= 0.3 is 0 Å². The summed E-state index contributed by atoms with van der Waals surface area (Å²) in [4.78, 5) is 9.07. The van der Waals surface area contributed by atoms with Crippen molar-refractivity contribution in [2.24, 2.45) is 0 Å². The van der Waals surface area contributed by atoms with E-state index in [4.69, 9.17) is 4.74 Å². The Balaban J connectivity index is 1.28. The van der Waals surface area contributed by atoms with Gasteiger partial charge in [0, 0.05) is 23.1 Å². The monoisotopic (exact) mass is 508 g/mol. The van der Waals surface area contributed by atoms with Crippen molar-refractivity contribution in [3.8, 4) is 28.1 Å². The number of ether oxygens (including phenoxy) is 1. The van der Waals surface area contributed by atoms with Crippen molar-refractivity contribution < 1.29 is 13.2 Å². The van der Waals surface area contributed by atoms with E-state index < -0.39 is 10.0 Å². The van der Waals surface area contributed by atoms with Crippen molar-refractivity contribution in [1.29, 1.82) is 0 Å². The van der Waals surface area contributed by atoms with Crippen LogP contribution in [0, 0.1) is 0 Å². The average Bonchev–Trinajstić information content (AvgIpc) is 2.95. The fraction of sp³-hybridized carbons (Fsp3) is 0.0345. The molecule has 8 heteroatoms. The topological polar surface area (TPSA) is 93.2 Å². The first-order valence-electron chi connectivity index (χ1n) is 11.5. The molecular weight excluding hydrogens is 484 g/mol. The number of anilines is 3. The Morgan fingerprint density at radius 3 is 2.08 bits per heavy atom. The van der Waals surface area contributed by atoms with Gasteiger partial charge < -0.3 is 10.1 Å². The van der Waals surface area contributed by atoms with E-state index >= 15 is 0 Å². The molecular formula is C29H24N4O3S. The minimum absolute atomic E-state index is 0.191. The molecule has 7 nitrogen and oxygen atoms in total. The molecule has 0 aliphatic heterocycles. The van der Waals surface area contributed by atoms with Gasteiger partial charge in [0.1, 0.15) is 5.75 Å². The van der Waals surface area contributed by atoms with Gasteiger partial charge in [-0.25, -0.2) is 18.4 Å². The second-order valence-electron chi connectivity index (χ2n) is 8.16. The van der Waals surface area contributed by atoms with Gasteiger partial charge in [-0.3, -0.25) is 4.72 Å². The lowest BCUT2D eigenvalue weighted by atomic mass is 10.1. The fourth-order valence-electron chi connectivity index (χ4n) is 3.85. The number of benzene rings is 4. The third-order valence-electron chi connectivity index (χ3n) is 5.70. The van der Waals surface area contributed by atoms with Crippen LogP contribution in [0.5, 0.6) is 5.75 Å². The fourth-order valence-corrected chi connectivity index (χ4v) is 4.91. The van der Waals surface area contributed by atoms with Gasteiger partial charge in [0.2, 0.25) is 5.95 Å². The van der Waals surface area contributed by atoms with Crippen LogP contribution in [-0.4, -0.2) is 25.5 Å². The van der Waals surface area contributed by atoms with Crippen LogP contribution in [0.2, 0.25) is 0 Å². The summed E-state index contributed by atoms with van der Waals surface area (Å²) < 4.78 is 33.8. The van der Waals surface area contributed by atoms with Crippen molar-refractivity contribution >= 4 is 27.3 Å². The lowest BCUT2D eigenvalue weighted by molar-refractivity contribution is 0.416. The molecule has 0 atom stereocenters. The number of hydrogen-bond acceptors (Lipinski definition) is 6. The molecule has 0 aliphatic carbocycles. The minimum Gasteiger partial charge on any atom is -0.496 e. The summed E-state index contributed by atoms with van der Waals surface area (Å²) in [5.74, 6) is 1.13. The largest absolute Gasteiger partial charge is 0.496 e. The van der Waals surface area contributed by atoms with E-state index in [-0.39, 0.29) is 4.90 Å². The predicted octanol–water partition coefficient (Wildman–Crippen LogP) is 6.36. The summed E-state index contributed by atoms with van der Waals surface area (Å²) in [6, 6.07) is 32.9. The Kier molecular flexibility index (Phi) is 6.83. The summed E-state index contributed by atoms with van der Waals surface area (Å²) in [6.45, 7) is 0. The molecule has 0 amide bonds. The Bertz CT molecular complexity index is 1610. The van der Waals surface area contributed by atoms with E-state index in [1.165, 1.54) is 0 Å². The molecule has 1 aromatic heterocycles. The second kappa shape index (κ2) is 10.5. The molecule has 0 aliphatic rings. The van der Waals surface area contributed by atoms with Crippen molar-refractivity contribution in [2.75, 3.05) is 17.1 Å². The Morgan fingerprint density at radius 2 is 1.35 bits per heavy atom. The molecule has 0 radical (unpaired) electrons. The van der Waals surface area contributed by atoms with Crippen LogP contribution >= 0.6 is 0 Å². The van der Waals surface area contributed by atoms with E-state index in [1.807, 2.05) is 60.7 Å². The third-order valence-corrected chi connectivity index (χ3v) is 7.10. The SMILES string of the molecule is COc1ccccc1-c1ccnc(Nc2ccc(NS(=O)(=O)c3ccc(-c4ccccc4)cc3)cc2)n1. The minimum atomic E-state index is -3.73. The zero-order chi connectivity index (χ0) is 25.7. The maximum atomic E-state index is 12.9. The van der Waals surface area contributed by atoms with Crippen LogP contribution in [0.1, 0.15) is 0 Å². The molecule has 0 saturated heterocycles. The zero-order valence-corrected chi connectivity index (χ0v) is 20.8. The Morgan fingerprint density at radius 1 is 0.703 bits per heavy atom. The number of aromatic nitrogens is 2. The summed E-state index contributed by atoms with van der Waals surface area (Å²) in [5, 5.41) is 3.15. The van der Waals surface area contributed by atoms with Gasteiger partial charge in [-0.1, -0.05) is 54.6 Å². The Hall–Kier alpha value is -4.69. The van der Waals surface area contributed by atoms with Gasteiger partial charge in [-0.05, 0) is 65.7 Å². The van der Waals surface area contributed by atoms with Crippen LogP contribution in [0.4, 0.5) is 17.3 Å². The first-order chi connectivity index (χ1) is 18.0. The maximum absolute atomic E-state index is 12.9. The smallest absolute Gasteiger partial charge is 0.261 e.